The fourth-order valence-electron chi connectivity index (χ4n) is 2.43. The minimum Gasteiger partial charge on any atom is -0.448 e. The quantitative estimate of drug-likeness (QED) is 0.366. The zero-order valence-corrected chi connectivity index (χ0v) is 18.1. The van der Waals surface area contributed by atoms with Crippen molar-refractivity contribution in [3.63, 3.8) is 0 Å². The van der Waals surface area contributed by atoms with Crippen molar-refractivity contribution in [1.82, 2.24) is 15.6 Å². The Morgan fingerprint density at radius 1 is 1.14 bits per heavy atom. The summed E-state index contributed by atoms with van der Waals surface area (Å²) in [5.74, 6) is 0.815. The van der Waals surface area contributed by atoms with E-state index in [2.05, 4.69) is 15.6 Å². The van der Waals surface area contributed by atoms with Crippen molar-refractivity contribution in [2.24, 2.45) is 5.92 Å². The first-order chi connectivity index (χ1) is 13.6. The molecule has 0 radical (unpaired) electrons. The monoisotopic (exact) mass is 427 g/mol. The third-order valence-corrected chi connectivity index (χ3v) is 6.12. The molecular formula is C19H29N3O4S2. The second-order valence-corrected chi connectivity index (χ2v) is 8.74. The van der Waals surface area contributed by atoms with Gasteiger partial charge in [0.2, 0.25) is 5.91 Å². The van der Waals surface area contributed by atoms with Crippen molar-refractivity contribution < 1.29 is 19.1 Å². The first-order valence-electron chi connectivity index (χ1n) is 9.48. The zero-order chi connectivity index (χ0) is 20.6. The Bertz CT molecular complexity index is 596. The number of hydrogen-bond donors (Lipinski definition) is 2. The molecule has 3 amide bonds. The maximum absolute atomic E-state index is 12.0. The molecule has 9 heteroatoms. The van der Waals surface area contributed by atoms with Crippen LogP contribution in [-0.4, -0.2) is 47.5 Å². The van der Waals surface area contributed by atoms with Crippen LogP contribution in [0.25, 0.3) is 0 Å². The fourth-order valence-corrected chi connectivity index (χ4v) is 4.17. The Labute approximate surface area is 174 Å². The predicted octanol–water partition coefficient (Wildman–Crippen LogP) is 3.66. The Morgan fingerprint density at radius 2 is 1.86 bits per heavy atom. The zero-order valence-electron chi connectivity index (χ0n) is 16.4. The summed E-state index contributed by atoms with van der Waals surface area (Å²) in [7, 11) is 3.13. The third-order valence-electron chi connectivity index (χ3n) is 3.75. The summed E-state index contributed by atoms with van der Waals surface area (Å²) in [4.78, 5) is 39.4. The smallest absolute Gasteiger partial charge is 0.413 e. The molecule has 0 aliphatic heterocycles. The SMILES string of the molecule is CCCC(CCC)C(=O)NC(=O)OCCSSCCNC(=O)c1cccnc1. The Morgan fingerprint density at radius 3 is 2.50 bits per heavy atom. The molecule has 2 N–H and O–H groups in total. The van der Waals surface area contributed by atoms with Gasteiger partial charge in [0.25, 0.3) is 5.91 Å². The van der Waals surface area contributed by atoms with Gasteiger partial charge in [-0.2, -0.15) is 0 Å². The predicted molar refractivity (Wildman–Crippen MR) is 114 cm³/mol. The summed E-state index contributed by atoms with van der Waals surface area (Å²) in [5, 5.41) is 5.13. The number of ether oxygens (including phenoxy) is 1. The van der Waals surface area contributed by atoms with Gasteiger partial charge in [-0.1, -0.05) is 48.3 Å². The fraction of sp³-hybridized carbons (Fsp3) is 0.579. The van der Waals surface area contributed by atoms with Crippen LogP contribution in [0.3, 0.4) is 0 Å². The van der Waals surface area contributed by atoms with Crippen molar-refractivity contribution in [3.05, 3.63) is 30.1 Å². The lowest BCUT2D eigenvalue weighted by molar-refractivity contribution is -0.124. The van der Waals surface area contributed by atoms with Gasteiger partial charge in [0.1, 0.15) is 6.61 Å². The van der Waals surface area contributed by atoms with E-state index in [1.165, 1.54) is 6.20 Å². The highest BCUT2D eigenvalue weighted by Gasteiger charge is 2.19. The van der Waals surface area contributed by atoms with E-state index in [0.717, 1.165) is 31.4 Å². The molecule has 1 aromatic heterocycles. The largest absolute Gasteiger partial charge is 0.448 e. The lowest BCUT2D eigenvalue weighted by Gasteiger charge is -2.14. The first kappa shape index (κ1) is 24.3. The molecular weight excluding hydrogens is 398 g/mol. The minimum atomic E-state index is -0.684. The molecule has 0 aliphatic rings. The van der Waals surface area contributed by atoms with Gasteiger partial charge >= 0.3 is 6.09 Å². The maximum Gasteiger partial charge on any atom is 0.413 e. The lowest BCUT2D eigenvalue weighted by atomic mass is 9.97. The summed E-state index contributed by atoms with van der Waals surface area (Å²) in [6, 6.07) is 3.43. The van der Waals surface area contributed by atoms with Gasteiger partial charge in [0.15, 0.2) is 0 Å². The van der Waals surface area contributed by atoms with Crippen LogP contribution in [0.4, 0.5) is 4.79 Å². The molecule has 156 valence electrons. The second-order valence-electron chi connectivity index (χ2n) is 6.04. The van der Waals surface area contributed by atoms with Gasteiger partial charge in [-0.05, 0) is 25.0 Å². The third kappa shape index (κ3) is 10.6. The number of alkyl carbamates (subject to hydrolysis) is 1. The van der Waals surface area contributed by atoms with Gasteiger partial charge < -0.3 is 10.1 Å². The van der Waals surface area contributed by atoms with Crippen molar-refractivity contribution in [2.75, 3.05) is 24.7 Å². The summed E-state index contributed by atoms with van der Waals surface area (Å²) in [6.45, 7) is 4.81. The van der Waals surface area contributed by atoms with Gasteiger partial charge in [-0.15, -0.1) is 0 Å². The van der Waals surface area contributed by atoms with Crippen molar-refractivity contribution >= 4 is 39.5 Å². The van der Waals surface area contributed by atoms with Crippen LogP contribution in [0, 0.1) is 5.92 Å². The summed E-state index contributed by atoms with van der Waals surface area (Å²) < 4.78 is 5.04. The molecule has 0 aromatic carbocycles. The molecule has 7 nitrogen and oxygen atoms in total. The highest BCUT2D eigenvalue weighted by atomic mass is 33.1. The van der Waals surface area contributed by atoms with E-state index in [-0.39, 0.29) is 24.3 Å². The highest BCUT2D eigenvalue weighted by molar-refractivity contribution is 8.76. The maximum atomic E-state index is 12.0. The van der Waals surface area contributed by atoms with Crippen LogP contribution < -0.4 is 10.6 Å². The number of imide groups is 1. The average Bonchev–Trinajstić information content (AvgIpc) is 2.70. The lowest BCUT2D eigenvalue weighted by Crippen LogP contribution is -2.36. The number of aromatic nitrogens is 1. The van der Waals surface area contributed by atoms with E-state index in [0.29, 0.717) is 17.9 Å². The molecule has 0 saturated carbocycles. The Kier molecular flexibility index (Phi) is 13.2. The number of carbonyl (C=O) groups is 3. The number of rotatable bonds is 13. The molecule has 0 fully saturated rings. The van der Waals surface area contributed by atoms with E-state index in [9.17, 15) is 14.4 Å². The standard InChI is InChI=1S/C19H29N3O4S2/c1-3-6-15(7-4-2)18(24)22-19(25)26-11-13-28-27-12-10-21-17(23)16-8-5-9-20-14-16/h5,8-9,14-15H,3-4,6-7,10-13H2,1-2H3,(H,21,23)(H,22,24,25). The summed E-state index contributed by atoms with van der Waals surface area (Å²) >= 11 is 0. The molecule has 0 bridgehead atoms. The van der Waals surface area contributed by atoms with Gasteiger partial charge in [0.05, 0.1) is 5.56 Å². The van der Waals surface area contributed by atoms with Crippen LogP contribution in [0.5, 0.6) is 0 Å². The number of amides is 3. The van der Waals surface area contributed by atoms with Gasteiger partial charge in [0, 0.05) is 36.4 Å². The van der Waals surface area contributed by atoms with E-state index in [4.69, 9.17) is 4.74 Å². The number of nitrogens with zero attached hydrogens (tertiary/aromatic N) is 1. The molecule has 28 heavy (non-hydrogen) atoms. The van der Waals surface area contributed by atoms with Crippen molar-refractivity contribution in [1.29, 1.82) is 0 Å². The van der Waals surface area contributed by atoms with Gasteiger partial charge in [-0.3, -0.25) is 19.9 Å². The first-order valence-corrected chi connectivity index (χ1v) is 12.0. The Hall–Kier alpha value is -1.74. The van der Waals surface area contributed by atoms with E-state index >= 15 is 0 Å². The Balaban J connectivity index is 2.05. The van der Waals surface area contributed by atoms with Crippen LogP contribution in [-0.2, 0) is 9.53 Å². The molecule has 1 heterocycles. The number of hydrogen-bond acceptors (Lipinski definition) is 7. The van der Waals surface area contributed by atoms with Crippen LogP contribution >= 0.6 is 21.6 Å². The summed E-state index contributed by atoms with van der Waals surface area (Å²) in [6.07, 6.45) is 5.82. The average molecular weight is 428 g/mol. The van der Waals surface area contributed by atoms with E-state index < -0.39 is 6.09 Å². The molecule has 0 saturated heterocycles. The molecule has 0 atom stereocenters. The minimum absolute atomic E-state index is 0.130. The second kappa shape index (κ2) is 15.2. The van der Waals surface area contributed by atoms with E-state index in [1.807, 2.05) is 13.8 Å². The molecule has 0 unspecified atom stereocenters. The normalized spacial score (nSPS) is 10.5. The van der Waals surface area contributed by atoms with Gasteiger partial charge in [-0.25, -0.2) is 4.79 Å². The number of carbonyl (C=O) groups excluding carboxylic acids is 3. The molecule has 0 spiro atoms. The van der Waals surface area contributed by atoms with Crippen LogP contribution in [0.15, 0.2) is 24.5 Å². The van der Waals surface area contributed by atoms with Crippen LogP contribution in [0.2, 0.25) is 0 Å². The van der Waals surface area contributed by atoms with Crippen LogP contribution in [0.1, 0.15) is 49.9 Å². The number of pyridine rings is 1. The number of nitrogens with one attached hydrogen (secondary N) is 2. The topological polar surface area (TPSA) is 97.4 Å². The molecule has 1 aromatic rings. The molecule has 1 rings (SSSR count). The van der Waals surface area contributed by atoms with Crippen molar-refractivity contribution in [2.45, 2.75) is 39.5 Å². The highest BCUT2D eigenvalue weighted by Crippen LogP contribution is 2.19. The molecule has 0 aliphatic carbocycles. The van der Waals surface area contributed by atoms with Crippen molar-refractivity contribution in [3.8, 4) is 0 Å². The summed E-state index contributed by atoms with van der Waals surface area (Å²) in [5.41, 5.74) is 0.536. The van der Waals surface area contributed by atoms with E-state index in [1.54, 1.807) is 39.9 Å².